The van der Waals surface area contributed by atoms with Crippen molar-refractivity contribution in [3.05, 3.63) is 0 Å². The molecular weight excluding hydrogens is 184 g/mol. The zero-order chi connectivity index (χ0) is 10.1. The molecule has 1 aliphatic rings. The second kappa shape index (κ2) is 3.91. The van der Waals surface area contributed by atoms with Crippen molar-refractivity contribution in [1.29, 1.82) is 0 Å². The second-order valence-corrected chi connectivity index (χ2v) is 5.74. The second-order valence-electron chi connectivity index (χ2n) is 4.67. The van der Waals surface area contributed by atoms with Crippen LogP contribution in [0.1, 0.15) is 27.2 Å². The van der Waals surface area contributed by atoms with Gasteiger partial charge in [-0.2, -0.15) is 11.8 Å². The van der Waals surface area contributed by atoms with Crippen LogP contribution in [0.3, 0.4) is 0 Å². The van der Waals surface area contributed by atoms with Crippen molar-refractivity contribution in [1.82, 2.24) is 0 Å². The first-order valence-electron chi connectivity index (χ1n) is 4.74. The third kappa shape index (κ3) is 3.22. The van der Waals surface area contributed by atoms with E-state index in [9.17, 15) is 4.79 Å². The Morgan fingerprint density at radius 3 is 2.62 bits per heavy atom. The molecule has 0 aromatic rings. The normalized spacial score (nSPS) is 26.8. The predicted molar refractivity (Wildman–Crippen MR) is 56.0 cm³/mol. The van der Waals surface area contributed by atoms with Crippen LogP contribution in [0, 0.1) is 17.3 Å². The molecule has 13 heavy (non-hydrogen) atoms. The number of hydrogen-bond donors (Lipinski definition) is 1. The van der Waals surface area contributed by atoms with Crippen LogP contribution >= 0.6 is 11.8 Å². The maximum atomic E-state index is 10.5. The molecule has 3 heteroatoms. The molecule has 0 aliphatic heterocycles. The number of carboxylic acid groups (broad SMARTS) is 1. The van der Waals surface area contributed by atoms with Crippen LogP contribution in [-0.2, 0) is 4.79 Å². The van der Waals surface area contributed by atoms with Gasteiger partial charge in [0.1, 0.15) is 0 Å². The smallest absolute Gasteiger partial charge is 0.307 e. The van der Waals surface area contributed by atoms with Crippen LogP contribution in [0.15, 0.2) is 0 Å². The van der Waals surface area contributed by atoms with Gasteiger partial charge in [0.05, 0.1) is 5.92 Å². The summed E-state index contributed by atoms with van der Waals surface area (Å²) in [5, 5.41) is 8.65. The molecule has 1 N–H and O–H groups in total. The summed E-state index contributed by atoms with van der Waals surface area (Å²) >= 11 is 1.78. The Bertz CT molecular complexity index is 201. The van der Waals surface area contributed by atoms with Crippen LogP contribution in [0.5, 0.6) is 0 Å². The number of aliphatic carboxylic acids is 1. The van der Waals surface area contributed by atoms with E-state index in [0.29, 0.717) is 5.41 Å². The van der Waals surface area contributed by atoms with Crippen molar-refractivity contribution in [2.45, 2.75) is 27.2 Å². The van der Waals surface area contributed by atoms with Crippen molar-refractivity contribution in [2.75, 3.05) is 11.5 Å². The Labute approximate surface area is 84.1 Å². The van der Waals surface area contributed by atoms with E-state index in [4.69, 9.17) is 5.11 Å². The van der Waals surface area contributed by atoms with Gasteiger partial charge >= 0.3 is 5.97 Å². The lowest BCUT2D eigenvalue weighted by molar-refractivity contribution is -0.140. The molecule has 0 aromatic carbocycles. The summed E-state index contributed by atoms with van der Waals surface area (Å²) in [4.78, 5) is 10.5. The lowest BCUT2D eigenvalue weighted by atomic mass is 10.1. The van der Waals surface area contributed by atoms with E-state index in [2.05, 4.69) is 13.8 Å². The highest BCUT2D eigenvalue weighted by Gasteiger charge is 2.44. The first kappa shape index (κ1) is 10.9. The Balaban J connectivity index is 2.06. The van der Waals surface area contributed by atoms with Crippen molar-refractivity contribution in [3.8, 4) is 0 Å². The van der Waals surface area contributed by atoms with Crippen molar-refractivity contribution < 1.29 is 9.90 Å². The van der Waals surface area contributed by atoms with Gasteiger partial charge in [-0.05, 0) is 23.5 Å². The fourth-order valence-electron chi connectivity index (χ4n) is 1.32. The van der Waals surface area contributed by atoms with Gasteiger partial charge in [-0.15, -0.1) is 0 Å². The molecule has 0 bridgehead atoms. The minimum absolute atomic E-state index is 0.202. The molecule has 0 heterocycles. The fraction of sp³-hybridized carbons (Fsp3) is 0.900. The van der Waals surface area contributed by atoms with E-state index in [1.165, 1.54) is 6.42 Å². The minimum Gasteiger partial charge on any atom is -0.481 e. The van der Waals surface area contributed by atoms with Crippen molar-refractivity contribution in [2.24, 2.45) is 17.3 Å². The van der Waals surface area contributed by atoms with E-state index in [1.807, 2.05) is 0 Å². The molecule has 2 atom stereocenters. The van der Waals surface area contributed by atoms with Crippen LogP contribution in [0.4, 0.5) is 0 Å². The third-order valence-corrected chi connectivity index (χ3v) is 4.20. The number of carbonyl (C=O) groups is 1. The highest BCUT2D eigenvalue weighted by atomic mass is 32.2. The number of carboxylic acids is 1. The highest BCUT2D eigenvalue weighted by molar-refractivity contribution is 7.99. The molecule has 76 valence electrons. The minimum atomic E-state index is -0.678. The Kier molecular flexibility index (Phi) is 3.28. The van der Waals surface area contributed by atoms with Gasteiger partial charge in [-0.25, -0.2) is 0 Å². The molecule has 2 nitrogen and oxygen atoms in total. The van der Waals surface area contributed by atoms with Gasteiger partial charge in [-0.3, -0.25) is 4.79 Å². The Morgan fingerprint density at radius 2 is 2.23 bits per heavy atom. The van der Waals surface area contributed by atoms with E-state index in [0.717, 1.165) is 17.4 Å². The number of thioether (sulfide) groups is 1. The largest absolute Gasteiger partial charge is 0.481 e. The maximum absolute atomic E-state index is 10.5. The van der Waals surface area contributed by atoms with Crippen LogP contribution in [0.2, 0.25) is 0 Å². The lowest BCUT2D eigenvalue weighted by Gasteiger charge is -2.06. The van der Waals surface area contributed by atoms with Crippen LogP contribution in [0.25, 0.3) is 0 Å². The third-order valence-electron chi connectivity index (χ3n) is 2.83. The molecule has 0 spiro atoms. The zero-order valence-corrected chi connectivity index (χ0v) is 9.36. The Hall–Kier alpha value is -0.180. The summed E-state index contributed by atoms with van der Waals surface area (Å²) < 4.78 is 0. The zero-order valence-electron chi connectivity index (χ0n) is 8.54. The summed E-state index contributed by atoms with van der Waals surface area (Å²) in [7, 11) is 0. The molecule has 1 saturated carbocycles. The molecule has 0 unspecified atom stereocenters. The average molecular weight is 202 g/mol. The van der Waals surface area contributed by atoms with Gasteiger partial charge in [0, 0.05) is 5.75 Å². The summed E-state index contributed by atoms with van der Waals surface area (Å²) in [5.41, 5.74) is 0.527. The van der Waals surface area contributed by atoms with Gasteiger partial charge in [-0.1, -0.05) is 20.8 Å². The summed E-state index contributed by atoms with van der Waals surface area (Å²) in [6.07, 6.45) is 1.31. The SMILES string of the molecule is C[C@@H](CSC[C@@H]1CC1(C)C)C(=O)O. The molecule has 0 amide bonds. The number of hydrogen-bond acceptors (Lipinski definition) is 2. The lowest BCUT2D eigenvalue weighted by Crippen LogP contribution is -2.12. The molecule has 1 fully saturated rings. The molecular formula is C10H18O2S. The summed E-state index contributed by atoms with van der Waals surface area (Å²) in [5.74, 6) is 1.82. The molecule has 1 aliphatic carbocycles. The monoisotopic (exact) mass is 202 g/mol. The van der Waals surface area contributed by atoms with E-state index >= 15 is 0 Å². The predicted octanol–water partition coefficient (Wildman–Crippen LogP) is 2.49. The maximum Gasteiger partial charge on any atom is 0.307 e. The first-order chi connectivity index (χ1) is 5.93. The van der Waals surface area contributed by atoms with Crippen LogP contribution < -0.4 is 0 Å². The quantitative estimate of drug-likeness (QED) is 0.744. The molecule has 0 aromatic heterocycles. The van der Waals surface area contributed by atoms with E-state index in [1.54, 1.807) is 18.7 Å². The van der Waals surface area contributed by atoms with E-state index < -0.39 is 5.97 Å². The Morgan fingerprint density at radius 1 is 1.69 bits per heavy atom. The average Bonchev–Trinajstić information content (AvgIpc) is 2.58. The van der Waals surface area contributed by atoms with Gasteiger partial charge in [0.2, 0.25) is 0 Å². The van der Waals surface area contributed by atoms with Gasteiger partial charge in [0.15, 0.2) is 0 Å². The first-order valence-corrected chi connectivity index (χ1v) is 5.89. The summed E-state index contributed by atoms with van der Waals surface area (Å²) in [6, 6.07) is 0. The van der Waals surface area contributed by atoms with Gasteiger partial charge in [0.25, 0.3) is 0 Å². The molecule has 1 rings (SSSR count). The van der Waals surface area contributed by atoms with Crippen molar-refractivity contribution >= 4 is 17.7 Å². The standard InChI is InChI=1S/C10H18O2S/c1-7(9(11)12)5-13-6-8-4-10(8,2)3/h7-8H,4-6H2,1-3H3,(H,11,12)/t7-,8-/m0/s1. The van der Waals surface area contributed by atoms with Gasteiger partial charge < -0.3 is 5.11 Å². The number of rotatable bonds is 5. The summed E-state index contributed by atoms with van der Waals surface area (Å²) in [6.45, 7) is 6.32. The highest BCUT2D eigenvalue weighted by Crippen LogP contribution is 2.52. The fourth-order valence-corrected chi connectivity index (χ4v) is 2.80. The van der Waals surface area contributed by atoms with E-state index in [-0.39, 0.29) is 5.92 Å². The molecule has 0 radical (unpaired) electrons. The van der Waals surface area contributed by atoms with Crippen molar-refractivity contribution in [3.63, 3.8) is 0 Å². The topological polar surface area (TPSA) is 37.3 Å². The van der Waals surface area contributed by atoms with Crippen LogP contribution in [-0.4, -0.2) is 22.6 Å². The molecule has 0 saturated heterocycles.